The smallest absolute Gasteiger partial charge is 0.313 e. The van der Waals surface area contributed by atoms with E-state index < -0.39 is 11.9 Å². The van der Waals surface area contributed by atoms with Gasteiger partial charge in [-0.1, -0.05) is 30.0 Å². The Morgan fingerprint density at radius 1 is 1.06 bits per heavy atom. The molecule has 0 aliphatic rings. The summed E-state index contributed by atoms with van der Waals surface area (Å²) in [5.41, 5.74) is 7.53. The number of aliphatic carboxylic acids is 1. The van der Waals surface area contributed by atoms with Crippen molar-refractivity contribution in [2.75, 3.05) is 12.4 Å². The Balaban J connectivity index is 1.94. The van der Waals surface area contributed by atoms with Gasteiger partial charge < -0.3 is 15.6 Å². The number of aromatic nitrogens is 4. The molecule has 0 unspecified atom stereocenters. The first-order chi connectivity index (χ1) is 15.5. The van der Waals surface area contributed by atoms with Gasteiger partial charge in [-0.25, -0.2) is 15.0 Å². The number of ether oxygens (including phenoxy) is 1. The fourth-order valence-electron chi connectivity index (χ4n) is 3.14. The quantitative estimate of drug-likeness (QED) is 0.392. The maximum Gasteiger partial charge on any atom is 0.313 e. The maximum atomic E-state index is 12.2. The molecule has 1 amide bonds. The lowest BCUT2D eigenvalue weighted by atomic mass is 10.2. The van der Waals surface area contributed by atoms with Gasteiger partial charge >= 0.3 is 5.97 Å². The number of fused-ring (bicyclic) bond motifs is 1. The summed E-state index contributed by atoms with van der Waals surface area (Å²) >= 11 is 1.02. The van der Waals surface area contributed by atoms with E-state index in [2.05, 4.69) is 15.0 Å². The van der Waals surface area contributed by atoms with Crippen LogP contribution in [-0.2, 0) is 4.79 Å². The fraction of sp³-hybridized carbons (Fsp3) is 0.136. The monoisotopic (exact) mass is 449 g/mol. The molecule has 32 heavy (non-hydrogen) atoms. The molecule has 2 aromatic heterocycles. The summed E-state index contributed by atoms with van der Waals surface area (Å²) < 4.78 is 7.18. The number of carboxylic acids is 1. The molecule has 0 saturated carbocycles. The van der Waals surface area contributed by atoms with Gasteiger partial charge in [-0.2, -0.15) is 0 Å². The molecule has 2 heterocycles. The summed E-state index contributed by atoms with van der Waals surface area (Å²) in [4.78, 5) is 36.9. The lowest BCUT2D eigenvalue weighted by molar-refractivity contribution is -0.133. The summed E-state index contributed by atoms with van der Waals surface area (Å²) in [6.45, 7) is 2.44. The van der Waals surface area contributed by atoms with Crippen LogP contribution in [0.1, 0.15) is 17.4 Å². The highest BCUT2D eigenvalue weighted by Gasteiger charge is 2.23. The number of para-hydroxylation sites is 1. The van der Waals surface area contributed by atoms with Crippen molar-refractivity contribution in [1.82, 2.24) is 19.5 Å². The van der Waals surface area contributed by atoms with Gasteiger partial charge in [-0.15, -0.1) is 0 Å². The largest absolute Gasteiger partial charge is 0.494 e. The van der Waals surface area contributed by atoms with Crippen LogP contribution in [0, 0.1) is 0 Å². The zero-order valence-electron chi connectivity index (χ0n) is 17.1. The van der Waals surface area contributed by atoms with Crippen LogP contribution in [0.2, 0.25) is 0 Å². The minimum atomic E-state index is -0.988. The predicted octanol–water partition coefficient (Wildman–Crippen LogP) is 3.16. The molecule has 4 rings (SSSR count). The molecule has 4 aromatic rings. The number of carboxylic acid groups (broad SMARTS) is 1. The van der Waals surface area contributed by atoms with Crippen LogP contribution in [0.15, 0.2) is 59.8 Å². The van der Waals surface area contributed by atoms with Gasteiger partial charge in [-0.3, -0.25) is 14.2 Å². The number of rotatable bonds is 8. The number of carbonyl (C=O) groups is 2. The summed E-state index contributed by atoms with van der Waals surface area (Å²) in [5.74, 6) is -0.952. The average Bonchev–Trinajstić information content (AvgIpc) is 3.16. The van der Waals surface area contributed by atoms with Crippen LogP contribution < -0.4 is 10.5 Å². The Morgan fingerprint density at radius 2 is 1.78 bits per heavy atom. The van der Waals surface area contributed by atoms with Crippen LogP contribution >= 0.6 is 11.8 Å². The number of thioether (sulfide) groups is 1. The number of imidazole rings is 1. The molecule has 2 aromatic carbocycles. The van der Waals surface area contributed by atoms with Gasteiger partial charge in [0, 0.05) is 11.3 Å². The number of primary amides is 1. The molecule has 0 atom stereocenters. The fourth-order valence-corrected chi connectivity index (χ4v) is 3.87. The molecule has 0 bridgehead atoms. The molecule has 162 valence electrons. The van der Waals surface area contributed by atoms with Gasteiger partial charge in [0.15, 0.2) is 22.3 Å². The van der Waals surface area contributed by atoms with E-state index in [0.29, 0.717) is 34.5 Å². The SMILES string of the molecule is CCOc1ccc(-c2nc(C(N)=O)c3nc(SCC(=O)O)n(-c4ccccc4)c3n2)cc1. The van der Waals surface area contributed by atoms with Crippen molar-refractivity contribution < 1.29 is 19.4 Å². The first kappa shape index (κ1) is 21.3. The zero-order chi connectivity index (χ0) is 22.7. The molecule has 0 aliphatic heterocycles. The van der Waals surface area contributed by atoms with Crippen molar-refractivity contribution in [3.63, 3.8) is 0 Å². The van der Waals surface area contributed by atoms with E-state index >= 15 is 0 Å². The van der Waals surface area contributed by atoms with Crippen molar-refractivity contribution >= 4 is 34.8 Å². The van der Waals surface area contributed by atoms with Crippen LogP contribution in [-0.4, -0.2) is 48.9 Å². The Bertz CT molecular complexity index is 1290. The summed E-state index contributed by atoms with van der Waals surface area (Å²) in [6.07, 6.45) is 0. The van der Waals surface area contributed by atoms with E-state index in [4.69, 9.17) is 15.6 Å². The second-order valence-corrected chi connectivity index (χ2v) is 7.58. The maximum absolute atomic E-state index is 12.2. The number of nitrogens with two attached hydrogens (primary N) is 1. The van der Waals surface area contributed by atoms with E-state index in [1.165, 1.54) is 0 Å². The molecule has 0 spiro atoms. The van der Waals surface area contributed by atoms with Crippen LogP contribution in [0.4, 0.5) is 0 Å². The van der Waals surface area contributed by atoms with Gasteiger partial charge in [0.05, 0.1) is 12.4 Å². The third kappa shape index (κ3) is 4.26. The Labute approximate surface area is 187 Å². The molecule has 0 saturated heterocycles. The molecule has 0 radical (unpaired) electrons. The van der Waals surface area contributed by atoms with Crippen LogP contribution in [0.5, 0.6) is 5.75 Å². The number of carbonyl (C=O) groups excluding carboxylic acids is 1. The van der Waals surface area contributed by atoms with E-state index in [1.807, 2.05) is 37.3 Å². The molecule has 0 fully saturated rings. The molecule has 10 heteroatoms. The zero-order valence-corrected chi connectivity index (χ0v) is 17.9. The predicted molar refractivity (Wildman–Crippen MR) is 120 cm³/mol. The van der Waals surface area contributed by atoms with Gasteiger partial charge in [0.1, 0.15) is 11.3 Å². The first-order valence-corrected chi connectivity index (χ1v) is 10.7. The minimum absolute atomic E-state index is 0.0364. The van der Waals surface area contributed by atoms with E-state index in [9.17, 15) is 9.59 Å². The lowest BCUT2D eigenvalue weighted by Gasteiger charge is -2.09. The van der Waals surface area contributed by atoms with E-state index in [1.54, 1.807) is 28.8 Å². The van der Waals surface area contributed by atoms with Crippen molar-refractivity contribution in [2.45, 2.75) is 12.1 Å². The molecular formula is C22H19N5O4S. The van der Waals surface area contributed by atoms with Crippen molar-refractivity contribution in [2.24, 2.45) is 5.73 Å². The highest BCUT2D eigenvalue weighted by molar-refractivity contribution is 7.99. The van der Waals surface area contributed by atoms with Crippen molar-refractivity contribution in [3.05, 3.63) is 60.3 Å². The number of nitrogens with zero attached hydrogens (tertiary/aromatic N) is 4. The number of amides is 1. The number of benzene rings is 2. The van der Waals surface area contributed by atoms with Gasteiger partial charge in [0.25, 0.3) is 5.91 Å². The van der Waals surface area contributed by atoms with Gasteiger partial charge in [0.2, 0.25) is 0 Å². The lowest BCUT2D eigenvalue weighted by Crippen LogP contribution is -2.15. The number of hydrogen-bond donors (Lipinski definition) is 2. The first-order valence-electron chi connectivity index (χ1n) is 9.71. The van der Waals surface area contributed by atoms with E-state index in [0.717, 1.165) is 17.4 Å². The number of hydrogen-bond acceptors (Lipinski definition) is 7. The summed E-state index contributed by atoms with van der Waals surface area (Å²) in [6, 6.07) is 16.4. The topological polar surface area (TPSA) is 133 Å². The second kappa shape index (κ2) is 9.06. The van der Waals surface area contributed by atoms with E-state index in [-0.39, 0.29) is 17.0 Å². The minimum Gasteiger partial charge on any atom is -0.494 e. The Hall–Kier alpha value is -3.92. The highest BCUT2D eigenvalue weighted by atomic mass is 32.2. The summed E-state index contributed by atoms with van der Waals surface area (Å²) in [5, 5.41) is 9.51. The normalized spacial score (nSPS) is 10.9. The summed E-state index contributed by atoms with van der Waals surface area (Å²) in [7, 11) is 0. The van der Waals surface area contributed by atoms with Crippen LogP contribution in [0.3, 0.4) is 0 Å². The second-order valence-electron chi connectivity index (χ2n) is 6.64. The van der Waals surface area contributed by atoms with Gasteiger partial charge in [-0.05, 0) is 43.3 Å². The third-order valence-electron chi connectivity index (χ3n) is 4.47. The Kier molecular flexibility index (Phi) is 6.04. The third-order valence-corrected chi connectivity index (χ3v) is 5.40. The van der Waals surface area contributed by atoms with Crippen LogP contribution in [0.25, 0.3) is 28.2 Å². The Morgan fingerprint density at radius 3 is 2.41 bits per heavy atom. The standard InChI is InChI=1S/C22H19N5O4S/c1-2-31-15-10-8-13(9-11-15)20-24-17(19(23)30)18-21(26-20)27(14-6-4-3-5-7-14)22(25-18)32-12-16(28)29/h3-11H,2,12H2,1H3,(H2,23,30)(H,28,29). The van der Waals surface area contributed by atoms with Crippen molar-refractivity contribution in [1.29, 1.82) is 0 Å². The molecule has 0 aliphatic carbocycles. The van der Waals surface area contributed by atoms with Crippen molar-refractivity contribution in [3.8, 4) is 22.8 Å². The molecule has 3 N–H and O–H groups in total. The average molecular weight is 449 g/mol. The molecular weight excluding hydrogens is 430 g/mol. The highest BCUT2D eigenvalue weighted by Crippen LogP contribution is 2.30. The molecule has 9 nitrogen and oxygen atoms in total.